The number of carbonyl (C=O) groups excluding carboxylic acids is 2. The fourth-order valence-corrected chi connectivity index (χ4v) is 5.14. The molecule has 0 N–H and O–H groups in total. The third-order valence-corrected chi connectivity index (χ3v) is 6.64. The number of furan rings is 1. The van der Waals surface area contributed by atoms with Gasteiger partial charge in [0.25, 0.3) is 0 Å². The molecule has 2 aromatic rings. The molecule has 3 heterocycles. The standard InChI is InChI=1S/C23H25NO4S/c1-4-9-27-23(26)20-14(3)24-16-11-15(19-6-5-10-29-19)12-17(25)21(16)22(20)18-8-7-13(2)28-18/h5-8,10,15,20,22H,4,9,11-12H2,1-3H3/t15-,20?,22-/m1/s1. The number of hydrogen-bond acceptors (Lipinski definition) is 6. The summed E-state index contributed by atoms with van der Waals surface area (Å²) in [6.07, 6.45) is 1.88. The van der Waals surface area contributed by atoms with Gasteiger partial charge in [0.15, 0.2) is 5.78 Å². The van der Waals surface area contributed by atoms with Crippen molar-refractivity contribution in [2.24, 2.45) is 10.9 Å². The molecule has 0 aromatic carbocycles. The normalized spacial score (nSPS) is 24.3. The van der Waals surface area contributed by atoms with Crippen LogP contribution >= 0.6 is 11.3 Å². The van der Waals surface area contributed by atoms with Crippen molar-refractivity contribution >= 4 is 28.8 Å². The van der Waals surface area contributed by atoms with E-state index in [1.54, 1.807) is 11.3 Å². The van der Waals surface area contributed by atoms with Crippen molar-refractivity contribution in [1.29, 1.82) is 0 Å². The Bertz CT molecular complexity index is 982. The molecule has 152 valence electrons. The van der Waals surface area contributed by atoms with Crippen LogP contribution in [-0.2, 0) is 14.3 Å². The van der Waals surface area contributed by atoms with Crippen LogP contribution < -0.4 is 0 Å². The smallest absolute Gasteiger partial charge is 0.315 e. The number of aliphatic imine (C=N–C) groups is 1. The van der Waals surface area contributed by atoms with Gasteiger partial charge in [0.2, 0.25) is 0 Å². The van der Waals surface area contributed by atoms with Crippen molar-refractivity contribution in [3.8, 4) is 0 Å². The van der Waals surface area contributed by atoms with Crippen molar-refractivity contribution in [1.82, 2.24) is 0 Å². The summed E-state index contributed by atoms with van der Waals surface area (Å²) in [7, 11) is 0. The molecule has 2 aliphatic rings. The van der Waals surface area contributed by atoms with Gasteiger partial charge in [-0.2, -0.15) is 0 Å². The highest BCUT2D eigenvalue weighted by atomic mass is 32.1. The number of rotatable bonds is 5. The Hall–Kier alpha value is -2.47. The zero-order valence-corrected chi connectivity index (χ0v) is 17.8. The van der Waals surface area contributed by atoms with Crippen molar-refractivity contribution in [2.45, 2.75) is 51.9 Å². The highest BCUT2D eigenvalue weighted by Gasteiger charge is 2.46. The summed E-state index contributed by atoms with van der Waals surface area (Å²) in [5, 5.41) is 2.04. The molecule has 4 rings (SSSR count). The number of nitrogens with zero attached hydrogens (tertiary/aromatic N) is 1. The van der Waals surface area contributed by atoms with Gasteiger partial charge in [0.05, 0.1) is 12.5 Å². The van der Waals surface area contributed by atoms with Crippen molar-refractivity contribution in [3.63, 3.8) is 0 Å². The zero-order valence-electron chi connectivity index (χ0n) is 16.9. The number of ketones is 1. The van der Waals surface area contributed by atoms with Gasteiger partial charge in [-0.3, -0.25) is 14.6 Å². The summed E-state index contributed by atoms with van der Waals surface area (Å²) in [5.41, 5.74) is 2.09. The van der Waals surface area contributed by atoms with Crippen LogP contribution in [0.2, 0.25) is 0 Å². The van der Waals surface area contributed by atoms with E-state index in [0.717, 1.165) is 17.9 Å². The molecule has 6 heteroatoms. The maximum absolute atomic E-state index is 13.3. The fraction of sp³-hybridized carbons (Fsp3) is 0.435. The second-order valence-electron chi connectivity index (χ2n) is 7.73. The molecular weight excluding hydrogens is 386 g/mol. The van der Waals surface area contributed by atoms with Gasteiger partial charge in [0, 0.05) is 34.2 Å². The monoisotopic (exact) mass is 411 g/mol. The van der Waals surface area contributed by atoms with Gasteiger partial charge in [-0.05, 0) is 50.3 Å². The highest BCUT2D eigenvalue weighted by molar-refractivity contribution is 7.10. The lowest BCUT2D eigenvalue weighted by Gasteiger charge is -2.35. The molecule has 29 heavy (non-hydrogen) atoms. The molecule has 1 aliphatic heterocycles. The summed E-state index contributed by atoms with van der Waals surface area (Å²) in [5.74, 6) is 0.124. The van der Waals surface area contributed by atoms with Gasteiger partial charge in [0.1, 0.15) is 17.4 Å². The second kappa shape index (κ2) is 8.11. The number of allylic oxidation sites excluding steroid dienone is 2. The van der Waals surface area contributed by atoms with E-state index in [1.165, 1.54) is 4.88 Å². The van der Waals surface area contributed by atoms with E-state index in [2.05, 4.69) is 6.07 Å². The van der Waals surface area contributed by atoms with Crippen molar-refractivity contribution in [2.75, 3.05) is 6.61 Å². The van der Waals surface area contributed by atoms with Gasteiger partial charge >= 0.3 is 5.97 Å². The Labute approximate surface area is 174 Å². The molecular formula is C23H25NO4S. The molecule has 0 bridgehead atoms. The van der Waals surface area contributed by atoms with Crippen LogP contribution in [0, 0.1) is 12.8 Å². The van der Waals surface area contributed by atoms with Crippen LogP contribution in [0.3, 0.4) is 0 Å². The predicted molar refractivity (Wildman–Crippen MR) is 112 cm³/mol. The number of aryl methyl sites for hydroxylation is 1. The fourth-order valence-electron chi connectivity index (χ4n) is 4.31. The average Bonchev–Trinajstić information content (AvgIpc) is 3.36. The van der Waals surface area contributed by atoms with E-state index in [1.807, 2.05) is 44.4 Å². The van der Waals surface area contributed by atoms with Gasteiger partial charge in [-0.15, -0.1) is 11.3 Å². The molecule has 0 radical (unpaired) electrons. The highest BCUT2D eigenvalue weighted by Crippen LogP contribution is 2.47. The molecule has 0 amide bonds. The number of esters is 1. The molecule has 1 aliphatic carbocycles. The van der Waals surface area contributed by atoms with Crippen LogP contribution in [0.5, 0.6) is 0 Å². The third kappa shape index (κ3) is 3.73. The largest absolute Gasteiger partial charge is 0.466 e. The first-order chi connectivity index (χ1) is 14.0. The lowest BCUT2D eigenvalue weighted by Crippen LogP contribution is -2.38. The Morgan fingerprint density at radius 1 is 1.28 bits per heavy atom. The Morgan fingerprint density at radius 2 is 2.10 bits per heavy atom. The lowest BCUT2D eigenvalue weighted by atomic mass is 9.71. The summed E-state index contributed by atoms with van der Waals surface area (Å²) in [6.45, 7) is 6.03. The maximum Gasteiger partial charge on any atom is 0.315 e. The Morgan fingerprint density at radius 3 is 2.76 bits per heavy atom. The summed E-state index contributed by atoms with van der Waals surface area (Å²) in [4.78, 5) is 32.2. The molecule has 0 fully saturated rings. The van der Waals surface area contributed by atoms with Crippen LogP contribution in [0.25, 0.3) is 0 Å². The van der Waals surface area contributed by atoms with Crippen LogP contribution in [-0.4, -0.2) is 24.1 Å². The first-order valence-electron chi connectivity index (χ1n) is 10.1. The zero-order chi connectivity index (χ0) is 20.5. The number of Topliss-reactive ketones (excluding diaryl/α,β-unsaturated/α-hetero) is 1. The van der Waals surface area contributed by atoms with E-state index in [9.17, 15) is 9.59 Å². The van der Waals surface area contributed by atoms with E-state index in [4.69, 9.17) is 14.1 Å². The summed E-state index contributed by atoms with van der Waals surface area (Å²) < 4.78 is 11.4. The Kier molecular flexibility index (Phi) is 5.54. The number of carbonyl (C=O) groups is 2. The molecule has 1 unspecified atom stereocenters. The van der Waals surface area contributed by atoms with Crippen LogP contribution in [0.15, 0.2) is 50.3 Å². The van der Waals surface area contributed by atoms with Gasteiger partial charge in [-0.1, -0.05) is 13.0 Å². The lowest BCUT2D eigenvalue weighted by molar-refractivity contribution is -0.146. The molecule has 5 nitrogen and oxygen atoms in total. The minimum Gasteiger partial charge on any atom is -0.466 e. The quantitative estimate of drug-likeness (QED) is 0.636. The number of thiophene rings is 1. The number of ether oxygens (including phenoxy) is 1. The van der Waals surface area contributed by atoms with E-state index < -0.39 is 11.8 Å². The molecule has 2 aromatic heterocycles. The van der Waals surface area contributed by atoms with E-state index >= 15 is 0 Å². The minimum atomic E-state index is -0.631. The summed E-state index contributed by atoms with van der Waals surface area (Å²) in [6, 6.07) is 7.82. The summed E-state index contributed by atoms with van der Waals surface area (Å²) >= 11 is 1.67. The van der Waals surface area contributed by atoms with Crippen molar-refractivity contribution < 1.29 is 18.7 Å². The molecule has 3 atom stereocenters. The molecule has 0 saturated carbocycles. The SMILES string of the molecule is CCCOC(=O)C1C(C)=NC2=C(C(=O)C[C@H](c3cccs3)C2)[C@@H]1c1ccc(C)o1. The molecule has 0 saturated heterocycles. The van der Waals surface area contributed by atoms with Crippen molar-refractivity contribution in [3.05, 3.63) is 57.3 Å². The first-order valence-corrected chi connectivity index (χ1v) is 10.9. The number of hydrogen-bond donors (Lipinski definition) is 0. The second-order valence-corrected chi connectivity index (χ2v) is 8.71. The Balaban J connectivity index is 1.77. The van der Waals surface area contributed by atoms with Gasteiger partial charge < -0.3 is 9.15 Å². The van der Waals surface area contributed by atoms with Crippen LogP contribution in [0.4, 0.5) is 0 Å². The third-order valence-electron chi connectivity index (χ3n) is 5.60. The first kappa shape index (κ1) is 19.8. The predicted octanol–water partition coefficient (Wildman–Crippen LogP) is 5.18. The van der Waals surface area contributed by atoms with Crippen LogP contribution in [0.1, 0.15) is 61.3 Å². The van der Waals surface area contributed by atoms with E-state index in [-0.39, 0.29) is 17.7 Å². The maximum atomic E-state index is 13.3. The van der Waals surface area contributed by atoms with E-state index in [0.29, 0.717) is 36.5 Å². The average molecular weight is 412 g/mol. The molecule has 0 spiro atoms. The topological polar surface area (TPSA) is 68.9 Å². The minimum absolute atomic E-state index is 0.0493. The van der Waals surface area contributed by atoms with Gasteiger partial charge in [-0.25, -0.2) is 0 Å².